The largest absolute Gasteiger partial charge is 0.472 e. The summed E-state index contributed by atoms with van der Waals surface area (Å²) in [4.78, 5) is 73.4. The minimum atomic E-state index is -4.97. The number of aliphatic hydroxyl groups is 1. The molecule has 19 heteroatoms. The summed E-state index contributed by atoms with van der Waals surface area (Å²) in [5.74, 6) is -1.30. The SMILES string of the molecule is CCCCCC/C=C\C=C/CCCCCCCC(=O)O[C@H](COC(=O)CCCCCCCCCCCCCCC)COP(=O)(O)OC[C@H](O)COP(=O)(O)OC[C@@H](COC(=O)CCCCCCCCCCCCCCCCCCCCCCC)OC(=O)CCCCCCCCCCCCCCCCCCCCC(C)C. The van der Waals surface area contributed by atoms with Crippen LogP contribution < -0.4 is 0 Å². The smallest absolute Gasteiger partial charge is 0.462 e. The minimum Gasteiger partial charge on any atom is -0.462 e. The van der Waals surface area contributed by atoms with Crippen LogP contribution in [0.25, 0.3) is 0 Å². The Morgan fingerprint density at radius 2 is 0.491 bits per heavy atom. The molecule has 0 heterocycles. The van der Waals surface area contributed by atoms with Crippen LogP contribution in [0.15, 0.2) is 24.3 Å². The molecule has 5 atom stereocenters. The van der Waals surface area contributed by atoms with Gasteiger partial charge in [0.2, 0.25) is 0 Å². The molecule has 0 radical (unpaired) electrons. The van der Waals surface area contributed by atoms with Crippen LogP contribution in [0.4, 0.5) is 0 Å². The van der Waals surface area contributed by atoms with Crippen LogP contribution in [-0.2, 0) is 65.4 Å². The summed E-state index contributed by atoms with van der Waals surface area (Å²) in [5.41, 5.74) is 0. The second kappa shape index (κ2) is 83.0. The van der Waals surface area contributed by atoms with Gasteiger partial charge in [-0.1, -0.05) is 418 Å². The molecule has 650 valence electrons. The van der Waals surface area contributed by atoms with Gasteiger partial charge in [-0.25, -0.2) is 9.13 Å². The Morgan fingerprint density at radius 1 is 0.282 bits per heavy atom. The first-order valence-electron chi connectivity index (χ1n) is 46.5. The molecule has 0 spiro atoms. The molecule has 0 aromatic rings. The molecule has 2 unspecified atom stereocenters. The van der Waals surface area contributed by atoms with Gasteiger partial charge < -0.3 is 33.8 Å². The van der Waals surface area contributed by atoms with E-state index in [4.69, 9.17) is 37.0 Å². The quantitative estimate of drug-likeness (QED) is 0.0169. The maximum Gasteiger partial charge on any atom is 0.472 e. The average molecular weight is 1600 g/mol. The number of carbonyl (C=O) groups is 4. The molecular formula is C91H174O17P2. The number of unbranched alkanes of at least 4 members (excludes halogenated alkanes) is 58. The topological polar surface area (TPSA) is 237 Å². The van der Waals surface area contributed by atoms with Gasteiger partial charge >= 0.3 is 39.5 Å². The third kappa shape index (κ3) is 83.5. The van der Waals surface area contributed by atoms with Crippen LogP contribution >= 0.6 is 15.6 Å². The van der Waals surface area contributed by atoms with E-state index in [-0.39, 0.29) is 25.7 Å². The average Bonchev–Trinajstić information content (AvgIpc) is 0.898. The number of allylic oxidation sites excluding steroid dienone is 4. The van der Waals surface area contributed by atoms with Crippen LogP contribution in [0, 0.1) is 5.92 Å². The molecule has 0 rings (SSSR count). The Labute approximate surface area is 675 Å². The normalized spacial score (nSPS) is 13.8. The Morgan fingerprint density at radius 3 is 0.745 bits per heavy atom. The van der Waals surface area contributed by atoms with Crippen molar-refractivity contribution in [2.75, 3.05) is 39.6 Å². The number of rotatable bonds is 89. The fourth-order valence-corrected chi connectivity index (χ4v) is 15.4. The number of hydrogen-bond acceptors (Lipinski definition) is 15. The van der Waals surface area contributed by atoms with E-state index in [0.717, 1.165) is 109 Å². The lowest BCUT2D eigenvalue weighted by atomic mass is 10.0. The number of aliphatic hydroxyl groups excluding tert-OH is 1. The maximum atomic E-state index is 13.2. The van der Waals surface area contributed by atoms with Crippen molar-refractivity contribution in [1.29, 1.82) is 0 Å². The zero-order chi connectivity index (χ0) is 80.4. The lowest BCUT2D eigenvalue weighted by Gasteiger charge is -2.21. The highest BCUT2D eigenvalue weighted by atomic mass is 31.2. The maximum absolute atomic E-state index is 13.2. The molecule has 0 saturated heterocycles. The molecule has 110 heavy (non-hydrogen) atoms. The number of esters is 4. The van der Waals surface area contributed by atoms with Gasteiger partial charge in [0.15, 0.2) is 12.2 Å². The standard InChI is InChI=1S/C91H174O17P2/c1-6-9-12-15-18-21-24-27-29-30-31-32-33-37-41-45-50-55-60-65-70-75-89(94)102-81-87(108-91(96)77-72-67-62-57-52-47-42-38-35-34-36-40-44-48-53-58-63-68-73-84(4)5)83-106-110(99,100)104-79-85(92)78-103-109(97,98)105-82-86(80-101-88(93)74-69-64-59-54-49-43-26-23-20-17-14-11-8-3)107-90(95)76-71-66-61-56-51-46-39-28-25-22-19-16-13-10-7-2/h22,25,28,39,84-87,92H,6-21,23-24,26-27,29-38,40-83H2,1-5H3,(H,97,98)(H,99,100)/b25-22-,39-28-/t85-,86+,87+/m0/s1. The third-order valence-electron chi connectivity index (χ3n) is 20.9. The van der Waals surface area contributed by atoms with Crippen molar-refractivity contribution in [3.63, 3.8) is 0 Å². The summed E-state index contributed by atoms with van der Waals surface area (Å²) in [6, 6.07) is 0. The second-order valence-electron chi connectivity index (χ2n) is 32.5. The molecule has 0 amide bonds. The van der Waals surface area contributed by atoms with E-state index in [0.29, 0.717) is 25.7 Å². The molecule has 0 fully saturated rings. The van der Waals surface area contributed by atoms with Gasteiger partial charge in [-0.2, -0.15) is 0 Å². The van der Waals surface area contributed by atoms with Crippen LogP contribution in [0.1, 0.15) is 471 Å². The van der Waals surface area contributed by atoms with E-state index < -0.39 is 97.5 Å². The van der Waals surface area contributed by atoms with Gasteiger partial charge in [-0.05, 0) is 57.3 Å². The Balaban J connectivity index is 5.27. The fraction of sp³-hybridized carbons (Fsp3) is 0.912. The molecule has 0 aliphatic carbocycles. The number of hydrogen-bond donors (Lipinski definition) is 3. The summed E-state index contributed by atoms with van der Waals surface area (Å²) in [5, 5.41) is 10.7. The summed E-state index contributed by atoms with van der Waals surface area (Å²) < 4.78 is 69.0. The van der Waals surface area contributed by atoms with Crippen molar-refractivity contribution in [3.8, 4) is 0 Å². The van der Waals surface area contributed by atoms with Gasteiger partial charge in [0.25, 0.3) is 0 Å². The number of ether oxygens (including phenoxy) is 4. The van der Waals surface area contributed by atoms with E-state index in [9.17, 15) is 43.2 Å². The molecule has 0 aliphatic rings. The Hall–Kier alpha value is -2.46. The first kappa shape index (κ1) is 108. The van der Waals surface area contributed by atoms with Gasteiger partial charge in [-0.3, -0.25) is 37.3 Å². The van der Waals surface area contributed by atoms with Gasteiger partial charge in [0.05, 0.1) is 26.4 Å². The van der Waals surface area contributed by atoms with Crippen LogP contribution in [-0.4, -0.2) is 96.7 Å². The second-order valence-corrected chi connectivity index (χ2v) is 35.4. The summed E-state index contributed by atoms with van der Waals surface area (Å²) >= 11 is 0. The Kier molecular flexibility index (Phi) is 81.2. The highest BCUT2D eigenvalue weighted by Gasteiger charge is 2.30. The van der Waals surface area contributed by atoms with Crippen molar-refractivity contribution in [1.82, 2.24) is 0 Å². The van der Waals surface area contributed by atoms with Gasteiger partial charge in [0, 0.05) is 25.7 Å². The highest BCUT2D eigenvalue weighted by molar-refractivity contribution is 7.47. The van der Waals surface area contributed by atoms with Crippen LogP contribution in [0.2, 0.25) is 0 Å². The Bertz CT molecular complexity index is 2180. The minimum absolute atomic E-state index is 0.0860. The third-order valence-corrected chi connectivity index (χ3v) is 22.8. The fourth-order valence-electron chi connectivity index (χ4n) is 13.8. The predicted molar refractivity (Wildman–Crippen MR) is 455 cm³/mol. The van der Waals surface area contributed by atoms with E-state index in [1.54, 1.807) is 0 Å². The van der Waals surface area contributed by atoms with E-state index in [2.05, 4.69) is 58.9 Å². The van der Waals surface area contributed by atoms with Crippen molar-refractivity contribution < 1.29 is 80.2 Å². The summed E-state index contributed by atoms with van der Waals surface area (Å²) in [7, 11) is -9.95. The number of carbonyl (C=O) groups excluding carboxylic acids is 4. The van der Waals surface area contributed by atoms with E-state index in [1.165, 1.54) is 283 Å². The predicted octanol–water partition coefficient (Wildman–Crippen LogP) is 27.9. The lowest BCUT2D eigenvalue weighted by Crippen LogP contribution is -2.30. The molecule has 0 aromatic carbocycles. The van der Waals surface area contributed by atoms with Crippen molar-refractivity contribution >= 4 is 39.5 Å². The van der Waals surface area contributed by atoms with Crippen molar-refractivity contribution in [3.05, 3.63) is 24.3 Å². The number of phosphoric acid groups is 2. The molecule has 17 nitrogen and oxygen atoms in total. The number of phosphoric ester groups is 2. The molecule has 0 aliphatic heterocycles. The van der Waals surface area contributed by atoms with Crippen LogP contribution in [0.3, 0.4) is 0 Å². The monoisotopic (exact) mass is 1600 g/mol. The zero-order valence-corrected chi connectivity index (χ0v) is 73.7. The highest BCUT2D eigenvalue weighted by Crippen LogP contribution is 2.45. The van der Waals surface area contributed by atoms with Gasteiger partial charge in [0.1, 0.15) is 19.3 Å². The van der Waals surface area contributed by atoms with Crippen molar-refractivity contribution in [2.45, 2.75) is 490 Å². The summed E-state index contributed by atoms with van der Waals surface area (Å²) in [6.07, 6.45) is 81.4. The van der Waals surface area contributed by atoms with Crippen LogP contribution in [0.5, 0.6) is 0 Å². The van der Waals surface area contributed by atoms with Crippen molar-refractivity contribution in [2.24, 2.45) is 5.92 Å². The molecule has 0 aromatic heterocycles. The van der Waals surface area contributed by atoms with Gasteiger partial charge in [-0.15, -0.1) is 0 Å². The molecular weight excluding hydrogens is 1430 g/mol. The van der Waals surface area contributed by atoms with E-state index in [1.807, 2.05) is 0 Å². The lowest BCUT2D eigenvalue weighted by molar-refractivity contribution is -0.161. The zero-order valence-electron chi connectivity index (χ0n) is 71.9. The first-order chi connectivity index (χ1) is 53.5. The summed E-state index contributed by atoms with van der Waals surface area (Å²) in [6.45, 7) is 7.36. The first-order valence-corrected chi connectivity index (χ1v) is 49.4. The molecule has 3 N–H and O–H groups in total. The molecule has 0 saturated carbocycles. The van der Waals surface area contributed by atoms with E-state index >= 15 is 0 Å². The molecule has 0 bridgehead atoms.